The molecule has 0 saturated heterocycles. The third kappa shape index (κ3) is 5.82. The molecule has 0 heterocycles. The van der Waals surface area contributed by atoms with E-state index < -0.39 is 28.2 Å². The van der Waals surface area contributed by atoms with Crippen LogP contribution in [-0.2, 0) is 4.79 Å². The third-order valence-electron chi connectivity index (χ3n) is 3.94. The predicted molar refractivity (Wildman–Crippen MR) is 109 cm³/mol. The minimum atomic E-state index is -0.746. The first-order valence-corrected chi connectivity index (χ1v) is 8.68. The summed E-state index contributed by atoms with van der Waals surface area (Å²) in [6, 6.07) is 6.48. The molecule has 3 N–H and O–H groups in total. The van der Waals surface area contributed by atoms with Gasteiger partial charge >= 0.3 is 5.69 Å². The Morgan fingerprint density at radius 2 is 1.77 bits per heavy atom. The molecule has 0 atom stereocenters. The number of hydrazone groups is 1. The topological polar surface area (TPSA) is 162 Å². The van der Waals surface area contributed by atoms with Gasteiger partial charge in [0.2, 0.25) is 5.75 Å². The monoisotopic (exact) mass is 432 g/mol. The van der Waals surface area contributed by atoms with E-state index in [1.54, 1.807) is 0 Å². The number of carbonyl (C=O) groups excluding carboxylic acids is 2. The fraction of sp³-hybridized carbons (Fsp3) is 0.211. The van der Waals surface area contributed by atoms with E-state index >= 15 is 0 Å². The smallest absolute Gasteiger partial charge is 0.311 e. The number of aromatic hydroxyl groups is 1. The van der Waals surface area contributed by atoms with Crippen LogP contribution in [-0.4, -0.2) is 55.9 Å². The molecular formula is C19H20N4O8. The maximum Gasteiger partial charge on any atom is 0.311 e. The summed E-state index contributed by atoms with van der Waals surface area (Å²) in [5.41, 5.74) is 2.15. The second-order valence-electron chi connectivity index (χ2n) is 5.90. The highest BCUT2D eigenvalue weighted by atomic mass is 16.6. The van der Waals surface area contributed by atoms with Crippen molar-refractivity contribution in [3.8, 4) is 23.0 Å². The van der Waals surface area contributed by atoms with Crippen molar-refractivity contribution in [2.24, 2.45) is 5.10 Å². The van der Waals surface area contributed by atoms with E-state index in [1.165, 1.54) is 39.5 Å². The number of hydrogen-bond acceptors (Lipinski definition) is 9. The normalized spacial score (nSPS) is 10.4. The van der Waals surface area contributed by atoms with Crippen molar-refractivity contribution in [3.63, 3.8) is 0 Å². The van der Waals surface area contributed by atoms with Crippen LogP contribution in [0, 0.1) is 10.1 Å². The van der Waals surface area contributed by atoms with Crippen LogP contribution < -0.4 is 25.0 Å². The van der Waals surface area contributed by atoms with Crippen LogP contribution in [0.2, 0.25) is 0 Å². The summed E-state index contributed by atoms with van der Waals surface area (Å²) in [4.78, 5) is 34.3. The lowest BCUT2D eigenvalue weighted by Gasteiger charge is -2.14. The van der Waals surface area contributed by atoms with Gasteiger partial charge in [0.15, 0.2) is 17.2 Å². The van der Waals surface area contributed by atoms with Crippen molar-refractivity contribution in [2.75, 3.05) is 27.9 Å². The Kier molecular flexibility index (Phi) is 7.72. The van der Waals surface area contributed by atoms with Crippen molar-refractivity contribution in [1.82, 2.24) is 10.7 Å². The van der Waals surface area contributed by atoms with Crippen molar-refractivity contribution in [1.29, 1.82) is 0 Å². The molecule has 2 rings (SSSR count). The van der Waals surface area contributed by atoms with Gasteiger partial charge in [-0.3, -0.25) is 19.7 Å². The molecule has 0 spiro atoms. The molecule has 31 heavy (non-hydrogen) atoms. The number of hydrogen-bond donors (Lipinski definition) is 3. The Balaban J connectivity index is 1.97. The summed E-state index contributed by atoms with van der Waals surface area (Å²) < 4.78 is 15.5. The van der Waals surface area contributed by atoms with E-state index in [9.17, 15) is 24.8 Å². The Bertz CT molecular complexity index is 997. The average Bonchev–Trinajstić information content (AvgIpc) is 2.77. The van der Waals surface area contributed by atoms with Gasteiger partial charge < -0.3 is 24.6 Å². The van der Waals surface area contributed by atoms with Gasteiger partial charge in [0.1, 0.15) is 0 Å². The summed E-state index contributed by atoms with van der Waals surface area (Å²) in [6.45, 7) is -0.386. The van der Waals surface area contributed by atoms with Gasteiger partial charge in [0.25, 0.3) is 11.8 Å². The molecule has 0 fully saturated rings. The van der Waals surface area contributed by atoms with Gasteiger partial charge in [0, 0.05) is 17.2 Å². The Hall–Kier alpha value is -4.35. The molecule has 0 radical (unpaired) electrons. The molecule has 2 aromatic carbocycles. The van der Waals surface area contributed by atoms with Gasteiger partial charge in [-0.25, -0.2) is 5.43 Å². The summed E-state index contributed by atoms with van der Waals surface area (Å²) in [5.74, 6) is -0.797. The number of ether oxygens (including phenoxy) is 3. The minimum absolute atomic E-state index is 0.183. The Morgan fingerprint density at radius 1 is 1.13 bits per heavy atom. The number of nitrogens with zero attached hydrogens (tertiary/aromatic N) is 2. The quantitative estimate of drug-likeness (QED) is 0.302. The van der Waals surface area contributed by atoms with Crippen molar-refractivity contribution in [2.45, 2.75) is 0 Å². The number of phenolic OH excluding ortho intramolecular Hbond substituents is 1. The molecule has 0 aliphatic carbocycles. The molecular weight excluding hydrogens is 412 g/mol. The van der Waals surface area contributed by atoms with Gasteiger partial charge in [-0.1, -0.05) is 0 Å². The SMILES string of the molecule is COc1cc(C(=O)NCC(=O)N/N=C/c2ccc(O)c([N+](=O)[O-])c2)cc(OC)c1OC. The second kappa shape index (κ2) is 10.4. The van der Waals surface area contributed by atoms with Crippen LogP contribution in [0.25, 0.3) is 0 Å². The lowest BCUT2D eigenvalue weighted by atomic mass is 10.1. The van der Waals surface area contributed by atoms with E-state index in [-0.39, 0.29) is 29.2 Å². The summed E-state index contributed by atoms with van der Waals surface area (Å²) >= 11 is 0. The first kappa shape index (κ1) is 22.9. The maximum atomic E-state index is 12.3. The number of nitro benzene ring substituents is 1. The highest BCUT2D eigenvalue weighted by Gasteiger charge is 2.17. The van der Waals surface area contributed by atoms with E-state index in [0.717, 1.165) is 18.3 Å². The number of benzene rings is 2. The third-order valence-corrected chi connectivity index (χ3v) is 3.94. The van der Waals surface area contributed by atoms with E-state index in [0.29, 0.717) is 5.75 Å². The number of phenols is 1. The van der Waals surface area contributed by atoms with Gasteiger partial charge in [0.05, 0.1) is 39.0 Å². The Morgan fingerprint density at radius 3 is 2.32 bits per heavy atom. The lowest BCUT2D eigenvalue weighted by molar-refractivity contribution is -0.385. The van der Waals surface area contributed by atoms with Crippen molar-refractivity contribution in [3.05, 3.63) is 51.6 Å². The lowest BCUT2D eigenvalue weighted by Crippen LogP contribution is -2.34. The fourth-order valence-electron chi connectivity index (χ4n) is 2.46. The minimum Gasteiger partial charge on any atom is -0.502 e. The largest absolute Gasteiger partial charge is 0.502 e. The van der Waals surface area contributed by atoms with Crippen LogP contribution in [0.15, 0.2) is 35.4 Å². The van der Waals surface area contributed by atoms with E-state index in [4.69, 9.17) is 14.2 Å². The van der Waals surface area contributed by atoms with Crippen LogP contribution in [0.1, 0.15) is 15.9 Å². The number of nitro groups is 1. The van der Waals surface area contributed by atoms with Gasteiger partial charge in [-0.2, -0.15) is 5.10 Å². The number of nitrogens with one attached hydrogen (secondary N) is 2. The van der Waals surface area contributed by atoms with Gasteiger partial charge in [-0.05, 0) is 24.3 Å². The number of rotatable bonds is 9. The molecule has 164 valence electrons. The summed E-state index contributed by atoms with van der Waals surface area (Å²) in [7, 11) is 4.25. The van der Waals surface area contributed by atoms with Crippen LogP contribution >= 0.6 is 0 Å². The van der Waals surface area contributed by atoms with Crippen LogP contribution in [0.3, 0.4) is 0 Å². The summed E-state index contributed by atoms with van der Waals surface area (Å²) in [5, 5.41) is 26.3. The van der Waals surface area contributed by atoms with Crippen LogP contribution in [0.5, 0.6) is 23.0 Å². The first-order valence-electron chi connectivity index (χ1n) is 8.68. The molecule has 2 aromatic rings. The number of methoxy groups -OCH3 is 3. The van der Waals surface area contributed by atoms with E-state index in [2.05, 4.69) is 15.8 Å². The molecule has 12 nitrogen and oxygen atoms in total. The fourth-order valence-corrected chi connectivity index (χ4v) is 2.46. The summed E-state index contributed by atoms with van der Waals surface area (Å²) in [6.07, 6.45) is 1.16. The molecule has 0 aliphatic heterocycles. The first-order chi connectivity index (χ1) is 14.8. The molecule has 0 bridgehead atoms. The molecule has 0 aromatic heterocycles. The zero-order chi connectivity index (χ0) is 23.0. The highest BCUT2D eigenvalue weighted by molar-refractivity contribution is 5.97. The zero-order valence-corrected chi connectivity index (χ0v) is 16.9. The zero-order valence-electron chi connectivity index (χ0n) is 16.9. The number of amides is 2. The Labute approximate surface area is 176 Å². The second-order valence-corrected chi connectivity index (χ2v) is 5.90. The molecule has 12 heteroatoms. The molecule has 0 unspecified atom stereocenters. The molecule has 0 aliphatic rings. The standard InChI is InChI=1S/C19H20N4O8/c1-29-15-7-12(8-16(30-2)18(15)31-3)19(26)20-10-17(25)22-21-9-11-4-5-14(24)13(6-11)23(27)28/h4-9,24H,10H2,1-3H3,(H,20,26)(H,22,25)/b21-9+. The predicted octanol–water partition coefficient (Wildman–Crippen LogP) is 1.21. The maximum absolute atomic E-state index is 12.3. The van der Waals surface area contributed by atoms with Gasteiger partial charge in [-0.15, -0.1) is 0 Å². The highest BCUT2D eigenvalue weighted by Crippen LogP contribution is 2.38. The van der Waals surface area contributed by atoms with E-state index in [1.807, 2.05) is 0 Å². The number of carbonyl (C=O) groups is 2. The van der Waals surface area contributed by atoms with Crippen molar-refractivity contribution < 1.29 is 33.8 Å². The molecule has 0 saturated carbocycles. The van der Waals surface area contributed by atoms with Crippen LogP contribution in [0.4, 0.5) is 5.69 Å². The van der Waals surface area contributed by atoms with Crippen molar-refractivity contribution >= 4 is 23.7 Å². The molecule has 2 amide bonds. The average molecular weight is 432 g/mol.